The fourth-order valence-corrected chi connectivity index (χ4v) is 2.15. The number of carbonyl (C=O) groups excluding carboxylic acids is 1. The van der Waals surface area contributed by atoms with Crippen LogP contribution in [-0.4, -0.2) is 33.3 Å². The number of hydrogen-bond donors (Lipinski definition) is 2. The third-order valence-corrected chi connectivity index (χ3v) is 4.47. The van der Waals surface area contributed by atoms with Crippen molar-refractivity contribution in [2.45, 2.75) is 18.6 Å². The Morgan fingerprint density at radius 3 is 2.83 bits per heavy atom. The van der Waals surface area contributed by atoms with Gasteiger partial charge in [-0.3, -0.25) is 9.00 Å². The lowest BCUT2D eigenvalue weighted by molar-refractivity contribution is 0.0950. The van der Waals surface area contributed by atoms with Crippen molar-refractivity contribution >= 4 is 32.6 Å². The van der Waals surface area contributed by atoms with E-state index in [1.54, 1.807) is 18.4 Å². The van der Waals surface area contributed by atoms with Crippen molar-refractivity contribution in [3.63, 3.8) is 0 Å². The maximum atomic E-state index is 11.8. The number of benzene rings is 1. The van der Waals surface area contributed by atoms with E-state index in [4.69, 9.17) is 0 Å². The molecule has 0 aromatic heterocycles. The van der Waals surface area contributed by atoms with E-state index < -0.39 is 10.8 Å². The van der Waals surface area contributed by atoms with E-state index in [0.29, 0.717) is 13.0 Å². The summed E-state index contributed by atoms with van der Waals surface area (Å²) in [6.07, 6.45) is 2.29. The monoisotopic (exact) mass is 333 g/mol. The Bertz CT molecular complexity index is 465. The summed E-state index contributed by atoms with van der Waals surface area (Å²) in [5.41, 5.74) is 0.231. The van der Waals surface area contributed by atoms with Gasteiger partial charge in [-0.2, -0.15) is 0 Å². The molecule has 0 fully saturated rings. The molecule has 0 spiro atoms. The van der Waals surface area contributed by atoms with Crippen molar-refractivity contribution < 1.29 is 14.1 Å². The van der Waals surface area contributed by atoms with Gasteiger partial charge in [-0.05, 0) is 24.6 Å². The van der Waals surface area contributed by atoms with Crippen LogP contribution >= 0.6 is 15.9 Å². The number of nitrogens with one attached hydrogen (secondary N) is 1. The molecule has 0 saturated heterocycles. The summed E-state index contributed by atoms with van der Waals surface area (Å²) in [5, 5.41) is 12.3. The molecule has 1 aromatic rings. The molecule has 2 N–H and O–H groups in total. The minimum absolute atomic E-state index is 0.0430. The van der Waals surface area contributed by atoms with Gasteiger partial charge >= 0.3 is 0 Å². The Hall–Kier alpha value is -0.880. The topological polar surface area (TPSA) is 66.4 Å². The SMILES string of the molecule is CC(CCNC(=O)c1cc(Br)ccc1O)S(C)=O. The van der Waals surface area contributed by atoms with E-state index >= 15 is 0 Å². The minimum Gasteiger partial charge on any atom is -0.507 e. The first-order valence-electron chi connectivity index (χ1n) is 5.50. The van der Waals surface area contributed by atoms with Gasteiger partial charge in [-0.1, -0.05) is 22.9 Å². The number of phenolic OH excluding ortho intramolecular Hbond substituents is 1. The zero-order valence-corrected chi connectivity index (χ0v) is 12.7. The molecule has 0 heterocycles. The zero-order chi connectivity index (χ0) is 13.7. The lowest BCUT2D eigenvalue weighted by atomic mass is 10.2. The number of phenols is 1. The first-order valence-corrected chi connectivity index (χ1v) is 7.92. The Morgan fingerprint density at radius 2 is 2.22 bits per heavy atom. The molecule has 0 aliphatic carbocycles. The van der Waals surface area contributed by atoms with Gasteiger partial charge < -0.3 is 10.4 Å². The van der Waals surface area contributed by atoms with E-state index in [0.717, 1.165) is 4.47 Å². The van der Waals surface area contributed by atoms with Gasteiger partial charge in [0.1, 0.15) is 5.75 Å². The highest BCUT2D eigenvalue weighted by atomic mass is 79.9. The second-order valence-corrected chi connectivity index (χ2v) is 6.73. The normalized spacial score (nSPS) is 13.9. The minimum atomic E-state index is -0.886. The van der Waals surface area contributed by atoms with Crippen LogP contribution in [0.5, 0.6) is 5.75 Å². The number of carbonyl (C=O) groups is 1. The average Bonchev–Trinajstić information content (AvgIpc) is 2.31. The number of halogens is 1. The van der Waals surface area contributed by atoms with E-state index in [-0.39, 0.29) is 22.5 Å². The summed E-state index contributed by atoms with van der Waals surface area (Å²) in [7, 11) is -0.886. The fraction of sp³-hybridized carbons (Fsp3) is 0.417. The van der Waals surface area contributed by atoms with Gasteiger partial charge in [0.2, 0.25) is 0 Å². The summed E-state index contributed by atoms with van der Waals surface area (Å²) in [4.78, 5) is 11.8. The van der Waals surface area contributed by atoms with E-state index in [1.165, 1.54) is 6.07 Å². The van der Waals surface area contributed by atoms with Crippen LogP contribution in [0.15, 0.2) is 22.7 Å². The fourth-order valence-electron chi connectivity index (χ4n) is 1.34. The van der Waals surface area contributed by atoms with Crippen LogP contribution in [0.25, 0.3) is 0 Å². The van der Waals surface area contributed by atoms with Crippen LogP contribution in [0, 0.1) is 0 Å². The third kappa shape index (κ3) is 4.42. The lowest BCUT2D eigenvalue weighted by Crippen LogP contribution is -2.27. The Labute approximate surface area is 117 Å². The number of hydrogen-bond acceptors (Lipinski definition) is 3. The largest absolute Gasteiger partial charge is 0.507 e. The molecule has 2 unspecified atom stereocenters. The van der Waals surface area contributed by atoms with E-state index in [9.17, 15) is 14.1 Å². The highest BCUT2D eigenvalue weighted by molar-refractivity contribution is 9.10. The molecule has 0 aliphatic heterocycles. The van der Waals surface area contributed by atoms with Crippen molar-refractivity contribution in [1.29, 1.82) is 0 Å². The Balaban J connectivity index is 2.55. The molecule has 0 radical (unpaired) electrons. The summed E-state index contributed by atoms with van der Waals surface area (Å²) < 4.78 is 11.9. The Morgan fingerprint density at radius 1 is 1.56 bits per heavy atom. The second kappa shape index (κ2) is 6.89. The van der Waals surface area contributed by atoms with E-state index in [2.05, 4.69) is 21.2 Å². The van der Waals surface area contributed by atoms with Crippen molar-refractivity contribution in [3.05, 3.63) is 28.2 Å². The molecule has 4 nitrogen and oxygen atoms in total. The maximum absolute atomic E-state index is 11.8. The third-order valence-electron chi connectivity index (χ3n) is 2.61. The maximum Gasteiger partial charge on any atom is 0.255 e. The molecule has 18 heavy (non-hydrogen) atoms. The van der Waals surface area contributed by atoms with Crippen LogP contribution in [0.2, 0.25) is 0 Å². The van der Waals surface area contributed by atoms with Crippen LogP contribution in [0.4, 0.5) is 0 Å². The van der Waals surface area contributed by atoms with Gasteiger partial charge in [-0.25, -0.2) is 0 Å². The van der Waals surface area contributed by atoms with E-state index in [1.807, 2.05) is 6.92 Å². The molecule has 1 amide bonds. The van der Waals surface area contributed by atoms with Crippen molar-refractivity contribution in [3.8, 4) is 5.75 Å². The van der Waals surface area contributed by atoms with Crippen molar-refractivity contribution in [2.75, 3.05) is 12.8 Å². The molecular weight excluding hydrogens is 318 g/mol. The van der Waals surface area contributed by atoms with Crippen LogP contribution in [0.3, 0.4) is 0 Å². The summed E-state index contributed by atoms with van der Waals surface area (Å²) >= 11 is 3.24. The quantitative estimate of drug-likeness (QED) is 0.866. The number of amides is 1. The number of rotatable bonds is 5. The van der Waals surface area contributed by atoms with Crippen LogP contribution in [0.1, 0.15) is 23.7 Å². The first-order chi connectivity index (χ1) is 8.41. The van der Waals surface area contributed by atoms with Crippen molar-refractivity contribution in [1.82, 2.24) is 5.32 Å². The molecule has 2 atom stereocenters. The highest BCUT2D eigenvalue weighted by Gasteiger charge is 2.12. The standard InChI is InChI=1S/C12H16BrNO3S/c1-8(18(2)17)5-6-14-12(16)10-7-9(13)3-4-11(10)15/h3-4,7-8,15H,5-6H2,1-2H3,(H,14,16). The summed E-state index contributed by atoms with van der Waals surface area (Å²) in [5.74, 6) is -0.384. The molecule has 0 saturated carbocycles. The molecule has 1 aromatic carbocycles. The number of aromatic hydroxyl groups is 1. The first kappa shape index (κ1) is 15.2. The van der Waals surface area contributed by atoms with Gasteiger partial charge in [0, 0.05) is 33.3 Å². The predicted octanol–water partition coefficient (Wildman–Crippen LogP) is 2.04. The molecule has 6 heteroatoms. The second-order valence-electron chi connectivity index (χ2n) is 4.02. The average molecular weight is 334 g/mol. The Kier molecular flexibility index (Phi) is 5.81. The van der Waals surface area contributed by atoms with Crippen molar-refractivity contribution in [2.24, 2.45) is 0 Å². The molecule has 100 valence electrons. The van der Waals surface area contributed by atoms with Gasteiger partial charge in [0.05, 0.1) is 5.56 Å². The molecule has 0 bridgehead atoms. The van der Waals surface area contributed by atoms with Gasteiger partial charge in [0.25, 0.3) is 5.91 Å². The smallest absolute Gasteiger partial charge is 0.255 e. The zero-order valence-electron chi connectivity index (χ0n) is 10.3. The van der Waals surface area contributed by atoms with Crippen LogP contribution in [-0.2, 0) is 10.8 Å². The highest BCUT2D eigenvalue weighted by Crippen LogP contribution is 2.21. The van der Waals surface area contributed by atoms with Gasteiger partial charge in [-0.15, -0.1) is 0 Å². The molecular formula is C12H16BrNO3S. The summed E-state index contributed by atoms with van der Waals surface area (Å²) in [6.45, 7) is 2.31. The summed E-state index contributed by atoms with van der Waals surface area (Å²) in [6, 6.07) is 4.68. The predicted molar refractivity (Wildman–Crippen MR) is 76.3 cm³/mol. The van der Waals surface area contributed by atoms with Gasteiger partial charge in [0.15, 0.2) is 0 Å². The molecule has 0 aliphatic rings. The molecule has 1 rings (SSSR count). The van der Waals surface area contributed by atoms with Crippen LogP contribution < -0.4 is 5.32 Å². The lowest BCUT2D eigenvalue weighted by Gasteiger charge is -2.10.